The SMILES string of the molecule is C=C(C)Cn1cc2c(cc1=O)C(C)(C)C(=O)N2C(=O)O. The molecule has 0 bridgehead atoms. The molecule has 0 atom stereocenters. The van der Waals surface area contributed by atoms with Crippen molar-refractivity contribution in [3.63, 3.8) is 0 Å². The van der Waals surface area contributed by atoms with E-state index in [9.17, 15) is 19.5 Å². The second-order valence-corrected chi connectivity index (χ2v) is 5.54. The van der Waals surface area contributed by atoms with Gasteiger partial charge in [-0.15, -0.1) is 0 Å². The molecule has 1 aromatic rings. The predicted molar refractivity (Wildman–Crippen MR) is 74.1 cm³/mol. The Hall–Kier alpha value is -2.37. The fourth-order valence-corrected chi connectivity index (χ4v) is 2.35. The highest BCUT2D eigenvalue weighted by Crippen LogP contribution is 2.40. The molecule has 0 fully saturated rings. The summed E-state index contributed by atoms with van der Waals surface area (Å²) in [7, 11) is 0. The normalized spacial score (nSPS) is 16.1. The maximum atomic E-state index is 12.2. The molecule has 20 heavy (non-hydrogen) atoms. The molecule has 0 radical (unpaired) electrons. The van der Waals surface area contributed by atoms with E-state index in [0.29, 0.717) is 10.5 Å². The lowest BCUT2D eigenvalue weighted by Crippen LogP contribution is -2.39. The number of imide groups is 1. The third kappa shape index (κ3) is 1.93. The Labute approximate surface area is 115 Å². The smallest absolute Gasteiger partial charge is 0.418 e. The highest BCUT2D eigenvalue weighted by Gasteiger charge is 2.47. The minimum Gasteiger partial charge on any atom is -0.464 e. The number of carbonyl (C=O) groups is 2. The summed E-state index contributed by atoms with van der Waals surface area (Å²) in [5, 5.41) is 9.20. The molecular formula is C14H16N2O4. The molecule has 106 valence electrons. The van der Waals surface area contributed by atoms with Gasteiger partial charge in [-0.3, -0.25) is 9.59 Å². The molecule has 1 aliphatic rings. The van der Waals surface area contributed by atoms with Crippen LogP contribution in [0.3, 0.4) is 0 Å². The summed E-state index contributed by atoms with van der Waals surface area (Å²) in [6, 6.07) is 1.33. The van der Waals surface area contributed by atoms with E-state index < -0.39 is 17.4 Å². The number of amides is 2. The quantitative estimate of drug-likeness (QED) is 0.834. The van der Waals surface area contributed by atoms with Gasteiger partial charge >= 0.3 is 6.09 Å². The standard InChI is InChI=1S/C14H16N2O4/c1-8(2)6-15-7-10-9(5-11(15)17)14(3,4)12(18)16(10)13(19)20/h5,7H,1,6H2,2-4H3,(H,19,20). The van der Waals surface area contributed by atoms with Crippen LogP contribution in [-0.4, -0.2) is 21.7 Å². The van der Waals surface area contributed by atoms with E-state index >= 15 is 0 Å². The van der Waals surface area contributed by atoms with Gasteiger partial charge in [0.25, 0.3) is 5.56 Å². The summed E-state index contributed by atoms with van der Waals surface area (Å²) in [4.78, 5) is 36.2. The van der Waals surface area contributed by atoms with E-state index in [4.69, 9.17) is 0 Å². The topological polar surface area (TPSA) is 79.6 Å². The van der Waals surface area contributed by atoms with Gasteiger partial charge in [0.05, 0.1) is 11.1 Å². The summed E-state index contributed by atoms with van der Waals surface area (Å²) in [6.45, 7) is 9.00. The van der Waals surface area contributed by atoms with Crippen LogP contribution in [0.2, 0.25) is 0 Å². The Morgan fingerprint density at radius 2 is 2.00 bits per heavy atom. The van der Waals surface area contributed by atoms with Gasteiger partial charge in [-0.1, -0.05) is 12.2 Å². The second kappa shape index (κ2) is 4.33. The van der Waals surface area contributed by atoms with Gasteiger partial charge < -0.3 is 9.67 Å². The first-order chi connectivity index (χ1) is 9.16. The number of carboxylic acid groups (broad SMARTS) is 1. The van der Waals surface area contributed by atoms with Crippen molar-refractivity contribution in [2.45, 2.75) is 32.7 Å². The molecule has 1 aromatic heterocycles. The number of hydrogen-bond acceptors (Lipinski definition) is 3. The highest BCUT2D eigenvalue weighted by molar-refractivity contribution is 6.20. The lowest BCUT2D eigenvalue weighted by molar-refractivity contribution is -0.121. The van der Waals surface area contributed by atoms with Crippen molar-refractivity contribution in [3.05, 3.63) is 40.3 Å². The molecule has 0 aromatic carbocycles. The summed E-state index contributed by atoms with van der Waals surface area (Å²) in [5.74, 6) is -0.549. The van der Waals surface area contributed by atoms with E-state index in [0.717, 1.165) is 5.57 Å². The molecular weight excluding hydrogens is 260 g/mol. The lowest BCUT2D eigenvalue weighted by atomic mass is 9.87. The van der Waals surface area contributed by atoms with Crippen molar-refractivity contribution in [1.29, 1.82) is 0 Å². The van der Waals surface area contributed by atoms with Crippen LogP contribution in [0.25, 0.3) is 0 Å². The molecule has 0 aliphatic carbocycles. The Balaban J connectivity index is 2.69. The molecule has 1 N–H and O–H groups in total. The first kappa shape index (κ1) is 14.0. The fourth-order valence-electron chi connectivity index (χ4n) is 2.35. The van der Waals surface area contributed by atoms with Gasteiger partial charge in [0.2, 0.25) is 5.91 Å². The molecule has 2 amide bonds. The minimum atomic E-state index is -1.35. The van der Waals surface area contributed by atoms with Crippen molar-refractivity contribution >= 4 is 17.7 Å². The third-order valence-electron chi connectivity index (χ3n) is 3.39. The first-order valence-electron chi connectivity index (χ1n) is 6.13. The van der Waals surface area contributed by atoms with E-state index in [2.05, 4.69) is 6.58 Å². The molecule has 6 heteroatoms. The fraction of sp³-hybridized carbons (Fsp3) is 0.357. The largest absolute Gasteiger partial charge is 0.464 e. The number of fused-ring (bicyclic) bond motifs is 1. The van der Waals surface area contributed by atoms with Crippen molar-refractivity contribution in [2.24, 2.45) is 0 Å². The number of hydrogen-bond donors (Lipinski definition) is 1. The number of nitrogens with zero attached hydrogens (tertiary/aromatic N) is 2. The van der Waals surface area contributed by atoms with Crippen LogP contribution in [0, 0.1) is 0 Å². The van der Waals surface area contributed by atoms with Crippen molar-refractivity contribution in [1.82, 2.24) is 4.57 Å². The van der Waals surface area contributed by atoms with Crippen molar-refractivity contribution < 1.29 is 14.7 Å². The van der Waals surface area contributed by atoms with Crippen molar-refractivity contribution in [2.75, 3.05) is 4.90 Å². The van der Waals surface area contributed by atoms with Crippen LogP contribution in [0.5, 0.6) is 0 Å². The van der Waals surface area contributed by atoms with Gasteiger partial charge in [-0.25, -0.2) is 9.69 Å². The zero-order valence-corrected chi connectivity index (χ0v) is 11.6. The first-order valence-corrected chi connectivity index (χ1v) is 6.13. The number of anilines is 1. The Kier molecular flexibility index (Phi) is 3.04. The monoisotopic (exact) mass is 276 g/mol. The summed E-state index contributed by atoms with van der Waals surface area (Å²) < 4.78 is 1.35. The van der Waals surface area contributed by atoms with Crippen LogP contribution in [0.4, 0.5) is 10.5 Å². The van der Waals surface area contributed by atoms with Crippen LogP contribution in [0.15, 0.2) is 29.2 Å². The van der Waals surface area contributed by atoms with Crippen molar-refractivity contribution in [3.8, 4) is 0 Å². The van der Waals surface area contributed by atoms with Gasteiger partial charge in [-0.05, 0) is 26.3 Å². The zero-order chi connectivity index (χ0) is 15.2. The molecule has 0 saturated carbocycles. The minimum absolute atomic E-state index is 0.244. The van der Waals surface area contributed by atoms with Crippen LogP contribution < -0.4 is 10.5 Å². The van der Waals surface area contributed by atoms with Crippen LogP contribution in [-0.2, 0) is 16.8 Å². The van der Waals surface area contributed by atoms with Gasteiger partial charge in [0.15, 0.2) is 0 Å². The van der Waals surface area contributed by atoms with E-state index in [1.807, 2.05) is 0 Å². The van der Waals surface area contributed by atoms with Gasteiger partial charge in [-0.2, -0.15) is 0 Å². The average molecular weight is 276 g/mol. The second-order valence-electron chi connectivity index (χ2n) is 5.54. The van der Waals surface area contributed by atoms with E-state index in [1.165, 1.54) is 16.8 Å². The van der Waals surface area contributed by atoms with E-state index in [-0.39, 0.29) is 17.8 Å². The third-order valence-corrected chi connectivity index (χ3v) is 3.39. The molecule has 0 unspecified atom stereocenters. The van der Waals surface area contributed by atoms with Crippen LogP contribution in [0.1, 0.15) is 26.3 Å². The molecule has 0 saturated heterocycles. The maximum absolute atomic E-state index is 12.2. The Morgan fingerprint density at radius 3 is 2.50 bits per heavy atom. The Bertz CT molecular complexity index is 685. The number of aromatic nitrogens is 1. The zero-order valence-electron chi connectivity index (χ0n) is 11.6. The summed E-state index contributed by atoms with van der Waals surface area (Å²) in [6.07, 6.45) is 0.0648. The van der Waals surface area contributed by atoms with E-state index in [1.54, 1.807) is 20.8 Å². The Morgan fingerprint density at radius 1 is 1.40 bits per heavy atom. The predicted octanol–water partition coefficient (Wildman–Crippen LogP) is 1.73. The molecule has 6 nitrogen and oxygen atoms in total. The van der Waals surface area contributed by atoms with Gasteiger partial charge in [0, 0.05) is 18.8 Å². The molecule has 0 spiro atoms. The van der Waals surface area contributed by atoms with Crippen LogP contribution >= 0.6 is 0 Å². The van der Waals surface area contributed by atoms with Gasteiger partial charge in [0.1, 0.15) is 0 Å². The lowest BCUT2D eigenvalue weighted by Gasteiger charge is -2.16. The molecule has 2 rings (SSSR count). The average Bonchev–Trinajstić information content (AvgIpc) is 2.48. The number of rotatable bonds is 2. The molecule has 1 aliphatic heterocycles. The number of pyridine rings is 1. The summed E-state index contributed by atoms with van der Waals surface area (Å²) in [5.41, 5.74) is 0.147. The highest BCUT2D eigenvalue weighted by atomic mass is 16.4. The maximum Gasteiger partial charge on any atom is 0.418 e. The summed E-state index contributed by atoms with van der Waals surface area (Å²) >= 11 is 0. The number of carbonyl (C=O) groups excluding carboxylic acids is 1. The number of allylic oxidation sites excluding steroid dienone is 1. The molecule has 2 heterocycles.